The third-order valence-electron chi connectivity index (χ3n) is 10.8. The summed E-state index contributed by atoms with van der Waals surface area (Å²) in [6.07, 6.45) is 11.9. The normalized spacial score (nSPS) is 31.2. The van der Waals surface area contributed by atoms with Crippen molar-refractivity contribution >= 4 is 23.2 Å². The highest BCUT2D eigenvalue weighted by molar-refractivity contribution is 5.93. The predicted molar refractivity (Wildman–Crippen MR) is 159 cm³/mol. The van der Waals surface area contributed by atoms with E-state index in [2.05, 4.69) is 57.1 Å². The molecule has 5 nitrogen and oxygen atoms in total. The fourth-order valence-electron chi connectivity index (χ4n) is 8.71. The quantitative estimate of drug-likeness (QED) is 0.238. The van der Waals surface area contributed by atoms with Crippen molar-refractivity contribution in [1.29, 1.82) is 0 Å². The van der Waals surface area contributed by atoms with Crippen molar-refractivity contribution in [1.82, 2.24) is 0 Å². The molecule has 5 heteroatoms. The number of hydrogen-bond donors (Lipinski definition) is 0. The number of fused-ring (bicyclic) bond motifs is 4. The van der Waals surface area contributed by atoms with Crippen molar-refractivity contribution < 1.29 is 19.1 Å². The number of carbonyl (C=O) groups is 3. The number of unbranched alkanes of at least 4 members (excludes halogenated alkanes) is 3. The number of carbonyl (C=O) groups excluding carboxylic acids is 3. The monoisotopic (exact) mass is 545 g/mol. The van der Waals surface area contributed by atoms with Gasteiger partial charge in [-0.1, -0.05) is 50.8 Å². The Kier molecular flexibility index (Phi) is 8.14. The third-order valence-corrected chi connectivity index (χ3v) is 10.8. The minimum absolute atomic E-state index is 0.00289. The van der Waals surface area contributed by atoms with Crippen LogP contribution in [-0.4, -0.2) is 37.2 Å². The van der Waals surface area contributed by atoms with Gasteiger partial charge in [-0.25, -0.2) is 0 Å². The average molecular weight is 546 g/mol. The van der Waals surface area contributed by atoms with Crippen LogP contribution in [0.2, 0.25) is 0 Å². The van der Waals surface area contributed by atoms with E-state index < -0.39 is 11.0 Å². The lowest BCUT2D eigenvalue weighted by molar-refractivity contribution is -0.184. The van der Waals surface area contributed by atoms with Gasteiger partial charge in [-0.2, -0.15) is 0 Å². The average Bonchev–Trinajstić information content (AvgIpc) is 3.23. The third kappa shape index (κ3) is 4.88. The van der Waals surface area contributed by atoms with Crippen LogP contribution in [0.25, 0.3) is 0 Å². The maximum absolute atomic E-state index is 13.6. The summed E-state index contributed by atoms with van der Waals surface area (Å²) in [7, 11) is 4.10. The smallest absolute Gasteiger partial charge is 0.306 e. The molecule has 0 aromatic heterocycles. The first-order valence-corrected chi connectivity index (χ1v) is 15.6. The molecule has 2 saturated carbocycles. The molecule has 5 atom stereocenters. The molecule has 4 aliphatic rings. The molecule has 0 N–H and O–H groups in total. The van der Waals surface area contributed by atoms with Gasteiger partial charge in [0, 0.05) is 44.0 Å². The van der Waals surface area contributed by atoms with Crippen LogP contribution in [0.5, 0.6) is 0 Å². The molecule has 0 heterocycles. The minimum Gasteiger partial charge on any atom is -0.450 e. The Balaban J connectivity index is 1.56. The number of rotatable bonds is 9. The van der Waals surface area contributed by atoms with Gasteiger partial charge in [0.15, 0.2) is 17.2 Å². The Labute approximate surface area is 240 Å². The Hall–Kier alpha value is -2.69. The van der Waals surface area contributed by atoms with Gasteiger partial charge in [-0.15, -0.1) is 0 Å². The molecular weight excluding hydrogens is 498 g/mol. The standard InChI is InChI=1S/C35H47NO4/c1-6-7-8-9-10-32(39)40-35(23(2)37)20-19-31-29-17-13-25-21-27(38)16-18-28(25)33(29)30(22-34(31,35)3)24-11-14-26(15-12-24)36(4)5/h11-12,14-15,21,29-31H,6-10,13,16-20,22H2,1-5H3/t29?,30-,31?,34+,35+/m1/s1. The molecule has 2 unspecified atom stereocenters. The van der Waals surface area contributed by atoms with Crippen LogP contribution < -0.4 is 4.90 Å². The summed E-state index contributed by atoms with van der Waals surface area (Å²) in [5, 5.41) is 0. The van der Waals surface area contributed by atoms with Gasteiger partial charge in [-0.05, 0) is 98.6 Å². The van der Waals surface area contributed by atoms with Gasteiger partial charge in [0.2, 0.25) is 0 Å². The molecule has 0 bridgehead atoms. The van der Waals surface area contributed by atoms with Gasteiger partial charge in [-0.3, -0.25) is 14.4 Å². The maximum atomic E-state index is 13.6. The van der Waals surface area contributed by atoms with Crippen LogP contribution in [0, 0.1) is 17.3 Å². The molecule has 4 aliphatic carbocycles. The first-order valence-electron chi connectivity index (χ1n) is 15.6. The van der Waals surface area contributed by atoms with Crippen LogP contribution in [0.1, 0.15) is 109 Å². The van der Waals surface area contributed by atoms with Crippen molar-refractivity contribution in [2.45, 2.75) is 109 Å². The Morgan fingerprint density at radius 3 is 2.45 bits per heavy atom. The highest BCUT2D eigenvalue weighted by Crippen LogP contribution is 2.67. The predicted octanol–water partition coefficient (Wildman–Crippen LogP) is 7.49. The lowest BCUT2D eigenvalue weighted by Crippen LogP contribution is -2.57. The van der Waals surface area contributed by atoms with E-state index in [9.17, 15) is 14.4 Å². The van der Waals surface area contributed by atoms with Crippen molar-refractivity contribution in [2.24, 2.45) is 17.3 Å². The summed E-state index contributed by atoms with van der Waals surface area (Å²) in [6, 6.07) is 8.84. The van der Waals surface area contributed by atoms with E-state index in [0.717, 1.165) is 63.5 Å². The Bertz CT molecular complexity index is 1220. The summed E-state index contributed by atoms with van der Waals surface area (Å²) >= 11 is 0. The fraction of sp³-hybridized carbons (Fsp3) is 0.629. The Morgan fingerprint density at radius 1 is 1.02 bits per heavy atom. The maximum Gasteiger partial charge on any atom is 0.306 e. The highest BCUT2D eigenvalue weighted by Gasteiger charge is 2.67. The summed E-state index contributed by atoms with van der Waals surface area (Å²) in [4.78, 5) is 41.3. The molecule has 2 fully saturated rings. The van der Waals surface area contributed by atoms with Gasteiger partial charge >= 0.3 is 5.97 Å². The van der Waals surface area contributed by atoms with E-state index in [1.807, 2.05) is 6.08 Å². The molecule has 1 aromatic rings. The zero-order valence-corrected chi connectivity index (χ0v) is 25.2. The van der Waals surface area contributed by atoms with Gasteiger partial charge < -0.3 is 9.64 Å². The molecule has 0 amide bonds. The molecule has 40 heavy (non-hydrogen) atoms. The second kappa shape index (κ2) is 11.3. The molecule has 1 aromatic carbocycles. The molecule has 216 valence electrons. The molecule has 5 rings (SSSR count). The number of hydrogen-bond acceptors (Lipinski definition) is 5. The number of esters is 1. The highest BCUT2D eigenvalue weighted by atomic mass is 16.6. The zero-order valence-electron chi connectivity index (χ0n) is 25.2. The van der Waals surface area contributed by atoms with E-state index in [4.69, 9.17) is 4.74 Å². The number of ketones is 2. The lowest BCUT2D eigenvalue weighted by atomic mass is 9.50. The fourth-order valence-corrected chi connectivity index (χ4v) is 8.71. The summed E-state index contributed by atoms with van der Waals surface area (Å²) in [5.74, 6) is 0.771. The van der Waals surface area contributed by atoms with Gasteiger partial charge in [0.05, 0.1) is 0 Å². The van der Waals surface area contributed by atoms with E-state index in [1.54, 1.807) is 6.92 Å². The van der Waals surface area contributed by atoms with Crippen LogP contribution in [0.3, 0.4) is 0 Å². The molecule has 0 aliphatic heterocycles. The summed E-state index contributed by atoms with van der Waals surface area (Å²) in [5.41, 5.74) is 5.02. The van der Waals surface area contributed by atoms with E-state index >= 15 is 0 Å². The van der Waals surface area contributed by atoms with Gasteiger partial charge in [0.25, 0.3) is 0 Å². The van der Waals surface area contributed by atoms with E-state index in [0.29, 0.717) is 25.2 Å². The van der Waals surface area contributed by atoms with Crippen molar-refractivity contribution in [2.75, 3.05) is 19.0 Å². The van der Waals surface area contributed by atoms with Crippen molar-refractivity contribution in [3.05, 3.63) is 52.6 Å². The number of ether oxygens (including phenoxy) is 1. The van der Waals surface area contributed by atoms with Gasteiger partial charge in [0.1, 0.15) is 0 Å². The number of nitrogens with zero attached hydrogens (tertiary/aromatic N) is 1. The Morgan fingerprint density at radius 2 is 1.77 bits per heavy atom. The number of anilines is 1. The second-order valence-electron chi connectivity index (χ2n) is 13.2. The van der Waals surface area contributed by atoms with Crippen molar-refractivity contribution in [3.63, 3.8) is 0 Å². The lowest BCUT2D eigenvalue weighted by Gasteiger charge is -2.55. The molecule has 0 spiro atoms. The topological polar surface area (TPSA) is 63.7 Å². The first kappa shape index (κ1) is 28.8. The second-order valence-corrected chi connectivity index (χ2v) is 13.2. The zero-order chi connectivity index (χ0) is 28.7. The van der Waals surface area contributed by atoms with Crippen LogP contribution in [0.4, 0.5) is 5.69 Å². The SMILES string of the molecule is CCCCCCC(=O)O[C@]1(C(C)=O)CCC2C3CCC4=CC(=O)CCC4=C3[C@@H](c3ccc(N(C)C)cc3)C[C@@]21C. The van der Waals surface area contributed by atoms with Crippen LogP contribution in [0.15, 0.2) is 47.1 Å². The van der Waals surface area contributed by atoms with Crippen LogP contribution >= 0.6 is 0 Å². The minimum atomic E-state index is -1.07. The molecule has 0 saturated heterocycles. The summed E-state index contributed by atoms with van der Waals surface area (Å²) < 4.78 is 6.38. The first-order chi connectivity index (χ1) is 19.1. The number of allylic oxidation sites excluding steroid dienone is 4. The van der Waals surface area contributed by atoms with E-state index in [-0.39, 0.29) is 29.4 Å². The number of Topliss-reactive ketones (excluding diaryl/α,β-unsaturated/α-hetero) is 1. The largest absolute Gasteiger partial charge is 0.450 e. The van der Waals surface area contributed by atoms with Crippen LogP contribution in [-0.2, 0) is 19.1 Å². The summed E-state index contributed by atoms with van der Waals surface area (Å²) in [6.45, 7) is 6.05. The molecular formula is C35H47NO4. The number of benzene rings is 1. The van der Waals surface area contributed by atoms with Crippen molar-refractivity contribution in [3.8, 4) is 0 Å². The van der Waals surface area contributed by atoms with E-state index in [1.165, 1.54) is 22.3 Å². The molecule has 0 radical (unpaired) electrons.